The van der Waals surface area contributed by atoms with Crippen LogP contribution in [0, 0.1) is 12.3 Å². The third kappa shape index (κ3) is 3.33. The lowest BCUT2D eigenvalue weighted by Gasteiger charge is -2.27. The largest absolute Gasteiger partial charge is 0.490 e. The molecule has 2 aromatic rings. The minimum absolute atomic E-state index is 0.0632. The zero-order chi connectivity index (χ0) is 18.9. The molecule has 0 fully saturated rings. The number of nitrogens with zero attached hydrogens (tertiary/aromatic N) is 2. The van der Waals surface area contributed by atoms with Crippen molar-refractivity contribution in [3.05, 3.63) is 48.4 Å². The third-order valence-corrected chi connectivity index (χ3v) is 4.09. The number of nitrogens with one attached hydrogen (secondary N) is 1. The van der Waals surface area contributed by atoms with Crippen molar-refractivity contribution in [3.8, 4) is 5.75 Å². The molecular formula is C19H21N3O4. The summed E-state index contributed by atoms with van der Waals surface area (Å²) in [5.74, 6) is 0.682. The van der Waals surface area contributed by atoms with Gasteiger partial charge in [0.15, 0.2) is 5.69 Å². The van der Waals surface area contributed by atoms with E-state index in [0.29, 0.717) is 29.4 Å². The Labute approximate surface area is 151 Å². The van der Waals surface area contributed by atoms with E-state index in [1.165, 1.54) is 0 Å². The molecule has 0 spiro atoms. The number of carbonyl (C=O) groups excluding carboxylic acids is 2. The number of aromatic nitrogens is 1. The lowest BCUT2D eigenvalue weighted by atomic mass is 9.93. The number of benzene rings is 1. The lowest BCUT2D eigenvalue weighted by Crippen LogP contribution is -2.42. The number of aryl methyl sites for hydroxylation is 1. The van der Waals surface area contributed by atoms with Gasteiger partial charge in [-0.05, 0) is 39.0 Å². The van der Waals surface area contributed by atoms with Crippen molar-refractivity contribution >= 4 is 23.2 Å². The second kappa shape index (κ2) is 6.67. The molecule has 3 rings (SSSR count). The first-order valence-corrected chi connectivity index (χ1v) is 8.26. The number of hydrogen-bond acceptors (Lipinski definition) is 5. The van der Waals surface area contributed by atoms with Crippen LogP contribution in [0.1, 0.15) is 30.1 Å². The van der Waals surface area contributed by atoms with E-state index in [1.807, 2.05) is 13.8 Å². The van der Waals surface area contributed by atoms with E-state index in [2.05, 4.69) is 17.1 Å². The van der Waals surface area contributed by atoms with Crippen molar-refractivity contribution < 1.29 is 18.8 Å². The quantitative estimate of drug-likeness (QED) is 0.852. The van der Waals surface area contributed by atoms with E-state index >= 15 is 0 Å². The molecule has 1 aliphatic rings. The summed E-state index contributed by atoms with van der Waals surface area (Å²) in [5, 5.41) is 6.46. The Morgan fingerprint density at radius 1 is 1.42 bits per heavy atom. The minimum atomic E-state index is -0.663. The van der Waals surface area contributed by atoms with Crippen LogP contribution in [-0.4, -0.2) is 30.1 Å². The highest BCUT2D eigenvalue weighted by Gasteiger charge is 2.37. The molecule has 0 aliphatic carbocycles. The van der Waals surface area contributed by atoms with E-state index in [0.717, 1.165) is 0 Å². The molecule has 7 nitrogen and oxygen atoms in total. The maximum absolute atomic E-state index is 12.9. The number of anilines is 2. The summed E-state index contributed by atoms with van der Waals surface area (Å²) < 4.78 is 10.7. The first kappa shape index (κ1) is 17.7. The standard InChI is InChI=1S/C19H21N3O4/c1-5-8-22-15-10-13(20-17(23)14-9-12(2)26-21-14)6-7-16(15)25-11-19(3,4)18(22)24/h5-7,9-10H,1,8,11H2,2-4H3,(H,20,23). The van der Waals surface area contributed by atoms with Crippen LogP contribution >= 0.6 is 0 Å². The molecule has 2 amide bonds. The van der Waals surface area contributed by atoms with Crippen LogP contribution in [-0.2, 0) is 4.79 Å². The van der Waals surface area contributed by atoms with Gasteiger partial charge in [-0.15, -0.1) is 6.58 Å². The van der Waals surface area contributed by atoms with Crippen LogP contribution in [0.25, 0.3) is 0 Å². The molecule has 0 unspecified atom stereocenters. The molecule has 0 atom stereocenters. The van der Waals surface area contributed by atoms with Crippen LogP contribution in [0.4, 0.5) is 11.4 Å². The van der Waals surface area contributed by atoms with Crippen LogP contribution in [0.15, 0.2) is 41.4 Å². The maximum Gasteiger partial charge on any atom is 0.277 e. The number of rotatable bonds is 4. The van der Waals surface area contributed by atoms with Crippen LogP contribution in [0.2, 0.25) is 0 Å². The average molecular weight is 355 g/mol. The molecule has 26 heavy (non-hydrogen) atoms. The van der Waals surface area contributed by atoms with Crippen molar-refractivity contribution in [2.75, 3.05) is 23.4 Å². The fourth-order valence-corrected chi connectivity index (χ4v) is 2.70. The van der Waals surface area contributed by atoms with Gasteiger partial charge in [0.2, 0.25) is 5.91 Å². The molecule has 0 saturated heterocycles. The van der Waals surface area contributed by atoms with Crippen LogP contribution < -0.4 is 15.0 Å². The Morgan fingerprint density at radius 2 is 2.19 bits per heavy atom. The Bertz CT molecular complexity index is 869. The topological polar surface area (TPSA) is 84.7 Å². The summed E-state index contributed by atoms with van der Waals surface area (Å²) in [5.41, 5.74) is 0.645. The number of fused-ring (bicyclic) bond motifs is 1. The molecule has 1 aromatic heterocycles. The summed E-state index contributed by atoms with van der Waals surface area (Å²) in [6.07, 6.45) is 1.66. The molecule has 7 heteroatoms. The van der Waals surface area contributed by atoms with Crippen molar-refractivity contribution in [2.24, 2.45) is 5.41 Å². The van der Waals surface area contributed by atoms with Gasteiger partial charge in [-0.25, -0.2) is 0 Å². The molecule has 0 bridgehead atoms. The van der Waals surface area contributed by atoms with E-state index < -0.39 is 11.3 Å². The summed E-state index contributed by atoms with van der Waals surface area (Å²) in [4.78, 5) is 26.8. The van der Waals surface area contributed by atoms with Gasteiger partial charge in [0.25, 0.3) is 5.91 Å². The predicted octanol–water partition coefficient (Wildman–Crippen LogP) is 3.17. The molecule has 2 heterocycles. The second-order valence-corrected chi connectivity index (χ2v) is 6.84. The first-order valence-electron chi connectivity index (χ1n) is 8.26. The summed E-state index contributed by atoms with van der Waals surface area (Å²) in [6, 6.07) is 6.73. The van der Waals surface area contributed by atoms with E-state index in [1.54, 1.807) is 42.2 Å². The van der Waals surface area contributed by atoms with Crippen molar-refractivity contribution in [2.45, 2.75) is 20.8 Å². The number of hydrogen-bond donors (Lipinski definition) is 1. The molecule has 1 aliphatic heterocycles. The lowest BCUT2D eigenvalue weighted by molar-refractivity contribution is -0.127. The van der Waals surface area contributed by atoms with Crippen molar-refractivity contribution in [3.63, 3.8) is 0 Å². The predicted molar refractivity (Wildman–Crippen MR) is 97.5 cm³/mol. The molecule has 136 valence electrons. The molecular weight excluding hydrogens is 334 g/mol. The molecule has 1 aromatic carbocycles. The summed E-state index contributed by atoms with van der Waals surface area (Å²) >= 11 is 0. The highest BCUT2D eigenvalue weighted by molar-refractivity contribution is 6.04. The van der Waals surface area contributed by atoms with Crippen molar-refractivity contribution in [1.29, 1.82) is 0 Å². The Morgan fingerprint density at radius 3 is 2.85 bits per heavy atom. The molecule has 0 radical (unpaired) electrons. The Balaban J connectivity index is 1.93. The van der Waals surface area contributed by atoms with E-state index in [-0.39, 0.29) is 18.2 Å². The van der Waals surface area contributed by atoms with E-state index in [4.69, 9.17) is 9.26 Å². The Kier molecular flexibility index (Phi) is 4.54. The van der Waals surface area contributed by atoms with Gasteiger partial charge in [0.05, 0.1) is 11.1 Å². The number of ether oxygens (including phenoxy) is 1. The van der Waals surface area contributed by atoms with Crippen LogP contribution in [0.3, 0.4) is 0 Å². The van der Waals surface area contributed by atoms with Gasteiger partial charge in [-0.3, -0.25) is 9.59 Å². The highest BCUT2D eigenvalue weighted by atomic mass is 16.5. The number of carbonyl (C=O) groups is 2. The van der Waals surface area contributed by atoms with Gasteiger partial charge in [-0.1, -0.05) is 11.2 Å². The molecule has 0 saturated carbocycles. The van der Waals surface area contributed by atoms with Gasteiger partial charge in [0.1, 0.15) is 18.1 Å². The first-order chi connectivity index (χ1) is 12.3. The van der Waals surface area contributed by atoms with Crippen molar-refractivity contribution in [1.82, 2.24) is 5.16 Å². The van der Waals surface area contributed by atoms with Gasteiger partial charge in [0, 0.05) is 18.3 Å². The zero-order valence-electron chi connectivity index (χ0n) is 15.0. The van der Waals surface area contributed by atoms with Gasteiger partial charge >= 0.3 is 0 Å². The minimum Gasteiger partial charge on any atom is -0.490 e. The Hall–Kier alpha value is -3.09. The summed E-state index contributed by atoms with van der Waals surface area (Å²) in [6.45, 7) is 9.74. The van der Waals surface area contributed by atoms with Gasteiger partial charge in [-0.2, -0.15) is 0 Å². The SMILES string of the molecule is C=CCN1C(=O)C(C)(C)COc2ccc(NC(=O)c3cc(C)on3)cc21. The van der Waals surface area contributed by atoms with E-state index in [9.17, 15) is 9.59 Å². The monoisotopic (exact) mass is 355 g/mol. The third-order valence-electron chi connectivity index (χ3n) is 4.09. The maximum atomic E-state index is 12.9. The van der Waals surface area contributed by atoms with Gasteiger partial charge < -0.3 is 19.5 Å². The summed E-state index contributed by atoms with van der Waals surface area (Å²) in [7, 11) is 0. The zero-order valence-corrected chi connectivity index (χ0v) is 15.0. The fraction of sp³-hybridized carbons (Fsp3) is 0.316. The highest BCUT2D eigenvalue weighted by Crippen LogP contribution is 2.38. The smallest absolute Gasteiger partial charge is 0.277 e. The average Bonchev–Trinajstić information content (AvgIpc) is 3.01. The number of amides is 2. The normalized spacial score (nSPS) is 15.7. The van der Waals surface area contributed by atoms with Crippen LogP contribution in [0.5, 0.6) is 5.75 Å². The second-order valence-electron chi connectivity index (χ2n) is 6.84. The molecule has 1 N–H and O–H groups in total. The fourth-order valence-electron chi connectivity index (χ4n) is 2.70.